The summed E-state index contributed by atoms with van der Waals surface area (Å²) in [5.41, 5.74) is 0.607. The SMILES string of the molecule is Fc1ccc(C2CN(c3ncc(Br)cn3)CCO2)cc1F. The summed E-state index contributed by atoms with van der Waals surface area (Å²) in [5, 5.41) is 0. The van der Waals surface area contributed by atoms with Gasteiger partial charge in [-0.05, 0) is 33.6 Å². The van der Waals surface area contributed by atoms with Crippen LogP contribution < -0.4 is 4.90 Å². The van der Waals surface area contributed by atoms with E-state index in [1.165, 1.54) is 12.1 Å². The lowest BCUT2D eigenvalue weighted by Crippen LogP contribution is -2.39. The van der Waals surface area contributed by atoms with Gasteiger partial charge in [-0.15, -0.1) is 0 Å². The lowest BCUT2D eigenvalue weighted by molar-refractivity contribution is 0.0389. The Kier molecular flexibility index (Phi) is 4.12. The lowest BCUT2D eigenvalue weighted by atomic mass is 10.1. The first kappa shape index (κ1) is 14.3. The summed E-state index contributed by atoms with van der Waals surface area (Å²) in [6.07, 6.45) is 3.01. The van der Waals surface area contributed by atoms with Crippen molar-refractivity contribution < 1.29 is 13.5 Å². The van der Waals surface area contributed by atoms with Gasteiger partial charge in [0, 0.05) is 18.9 Å². The number of anilines is 1. The van der Waals surface area contributed by atoms with Crippen molar-refractivity contribution in [3.63, 3.8) is 0 Å². The van der Waals surface area contributed by atoms with Crippen LogP contribution in [0.25, 0.3) is 0 Å². The maximum Gasteiger partial charge on any atom is 0.225 e. The molecule has 4 nitrogen and oxygen atoms in total. The third-order valence-corrected chi connectivity index (χ3v) is 3.68. The molecule has 0 aliphatic carbocycles. The van der Waals surface area contributed by atoms with Gasteiger partial charge in [0.2, 0.25) is 5.95 Å². The van der Waals surface area contributed by atoms with Crippen molar-refractivity contribution in [1.29, 1.82) is 0 Å². The van der Waals surface area contributed by atoms with E-state index in [-0.39, 0.29) is 6.10 Å². The van der Waals surface area contributed by atoms with Gasteiger partial charge in [-0.3, -0.25) is 0 Å². The summed E-state index contributed by atoms with van der Waals surface area (Å²) < 4.78 is 32.8. The zero-order chi connectivity index (χ0) is 14.8. The van der Waals surface area contributed by atoms with Gasteiger partial charge >= 0.3 is 0 Å². The minimum atomic E-state index is -0.867. The van der Waals surface area contributed by atoms with Crippen LogP contribution >= 0.6 is 15.9 Å². The molecule has 110 valence electrons. The van der Waals surface area contributed by atoms with Crippen molar-refractivity contribution in [1.82, 2.24) is 9.97 Å². The molecule has 2 aromatic rings. The zero-order valence-corrected chi connectivity index (χ0v) is 12.6. The van der Waals surface area contributed by atoms with Crippen LogP contribution in [0.3, 0.4) is 0 Å². The van der Waals surface area contributed by atoms with Crippen molar-refractivity contribution in [2.75, 3.05) is 24.6 Å². The molecular formula is C14H12BrF2N3O. The first-order valence-electron chi connectivity index (χ1n) is 6.42. The number of hydrogen-bond acceptors (Lipinski definition) is 4. The number of benzene rings is 1. The average molecular weight is 356 g/mol. The largest absolute Gasteiger partial charge is 0.370 e. The molecule has 1 atom stereocenters. The zero-order valence-electron chi connectivity index (χ0n) is 11.0. The van der Waals surface area contributed by atoms with Gasteiger partial charge < -0.3 is 9.64 Å². The highest BCUT2D eigenvalue weighted by Gasteiger charge is 2.24. The quantitative estimate of drug-likeness (QED) is 0.829. The Morgan fingerprint density at radius 2 is 1.95 bits per heavy atom. The monoisotopic (exact) mass is 355 g/mol. The minimum Gasteiger partial charge on any atom is -0.370 e. The molecule has 1 aliphatic heterocycles. The van der Waals surface area contributed by atoms with Gasteiger partial charge in [0.15, 0.2) is 11.6 Å². The first-order chi connectivity index (χ1) is 10.1. The Morgan fingerprint density at radius 1 is 1.19 bits per heavy atom. The molecule has 1 fully saturated rings. The molecule has 0 spiro atoms. The van der Waals surface area contributed by atoms with Crippen LogP contribution in [0.4, 0.5) is 14.7 Å². The fraction of sp³-hybridized carbons (Fsp3) is 0.286. The second kappa shape index (κ2) is 6.03. The molecule has 1 aliphatic rings. The summed E-state index contributed by atoms with van der Waals surface area (Å²) in [4.78, 5) is 10.4. The van der Waals surface area contributed by atoms with E-state index in [0.717, 1.165) is 10.5 Å². The van der Waals surface area contributed by atoms with Crippen molar-refractivity contribution in [3.8, 4) is 0 Å². The van der Waals surface area contributed by atoms with Crippen molar-refractivity contribution in [2.45, 2.75) is 6.10 Å². The minimum absolute atomic E-state index is 0.332. The molecule has 1 aromatic heterocycles. The molecule has 0 saturated carbocycles. The number of rotatable bonds is 2. The number of morpholine rings is 1. The van der Waals surface area contributed by atoms with Crippen LogP contribution in [0.15, 0.2) is 35.1 Å². The van der Waals surface area contributed by atoms with Gasteiger partial charge in [-0.1, -0.05) is 6.07 Å². The van der Waals surface area contributed by atoms with Gasteiger partial charge in [0.05, 0.1) is 17.6 Å². The van der Waals surface area contributed by atoms with Crippen molar-refractivity contribution in [3.05, 3.63) is 52.3 Å². The fourth-order valence-electron chi connectivity index (χ4n) is 2.21. The van der Waals surface area contributed by atoms with Crippen molar-refractivity contribution >= 4 is 21.9 Å². The summed E-state index contributed by atoms with van der Waals surface area (Å²) in [6, 6.07) is 3.82. The summed E-state index contributed by atoms with van der Waals surface area (Å²) in [5.74, 6) is -1.13. The van der Waals surface area contributed by atoms with Gasteiger partial charge in [0.25, 0.3) is 0 Å². The van der Waals surface area contributed by atoms with Crippen LogP contribution in [-0.2, 0) is 4.74 Å². The molecule has 1 unspecified atom stereocenters. The van der Waals surface area contributed by atoms with Crippen LogP contribution in [0, 0.1) is 11.6 Å². The van der Waals surface area contributed by atoms with Crippen LogP contribution in [0.1, 0.15) is 11.7 Å². The maximum absolute atomic E-state index is 13.3. The Balaban J connectivity index is 1.79. The summed E-state index contributed by atoms with van der Waals surface area (Å²) in [6.45, 7) is 1.62. The summed E-state index contributed by atoms with van der Waals surface area (Å²) >= 11 is 3.29. The highest BCUT2D eigenvalue weighted by Crippen LogP contribution is 2.25. The van der Waals surface area contributed by atoms with Gasteiger partial charge in [-0.2, -0.15) is 0 Å². The van der Waals surface area contributed by atoms with Crippen LogP contribution in [0.2, 0.25) is 0 Å². The molecule has 2 heterocycles. The van der Waals surface area contributed by atoms with E-state index < -0.39 is 11.6 Å². The second-order valence-electron chi connectivity index (χ2n) is 4.68. The number of hydrogen-bond donors (Lipinski definition) is 0. The molecule has 0 bridgehead atoms. The smallest absolute Gasteiger partial charge is 0.225 e. The molecule has 1 aromatic carbocycles. The fourth-order valence-corrected chi connectivity index (χ4v) is 2.42. The van der Waals surface area contributed by atoms with E-state index in [9.17, 15) is 8.78 Å². The van der Waals surface area contributed by atoms with Crippen LogP contribution in [0.5, 0.6) is 0 Å². The topological polar surface area (TPSA) is 38.2 Å². The number of aromatic nitrogens is 2. The maximum atomic E-state index is 13.3. The normalized spacial score (nSPS) is 18.8. The molecule has 21 heavy (non-hydrogen) atoms. The number of nitrogens with zero attached hydrogens (tertiary/aromatic N) is 3. The predicted octanol–water partition coefficient (Wildman–Crippen LogP) is 3.10. The lowest BCUT2D eigenvalue weighted by Gasteiger charge is -2.33. The third-order valence-electron chi connectivity index (χ3n) is 3.27. The Labute approximate surface area is 128 Å². The van der Waals surface area contributed by atoms with Crippen LogP contribution in [-0.4, -0.2) is 29.7 Å². The van der Waals surface area contributed by atoms with Gasteiger partial charge in [0.1, 0.15) is 6.10 Å². The summed E-state index contributed by atoms with van der Waals surface area (Å²) in [7, 11) is 0. The Hall–Kier alpha value is -1.60. The molecule has 0 radical (unpaired) electrons. The Morgan fingerprint density at radius 3 is 2.67 bits per heavy atom. The van der Waals surface area contributed by atoms with E-state index in [4.69, 9.17) is 4.74 Å². The predicted molar refractivity (Wildman–Crippen MR) is 77.0 cm³/mol. The average Bonchev–Trinajstić information content (AvgIpc) is 2.51. The van der Waals surface area contributed by atoms with E-state index in [1.807, 2.05) is 4.90 Å². The molecule has 3 rings (SSSR count). The molecule has 1 saturated heterocycles. The van der Waals surface area contributed by atoms with Crippen molar-refractivity contribution in [2.24, 2.45) is 0 Å². The molecule has 0 amide bonds. The van der Waals surface area contributed by atoms with E-state index in [1.54, 1.807) is 12.4 Å². The van der Waals surface area contributed by atoms with E-state index in [2.05, 4.69) is 25.9 Å². The molecular weight excluding hydrogens is 344 g/mol. The third kappa shape index (κ3) is 3.19. The highest BCUT2D eigenvalue weighted by atomic mass is 79.9. The Bertz CT molecular complexity index is 639. The molecule has 0 N–H and O–H groups in total. The first-order valence-corrected chi connectivity index (χ1v) is 7.22. The number of ether oxygens (including phenoxy) is 1. The van der Waals surface area contributed by atoms with E-state index >= 15 is 0 Å². The molecule has 7 heteroatoms. The van der Waals surface area contributed by atoms with Gasteiger partial charge in [-0.25, -0.2) is 18.7 Å². The standard InChI is InChI=1S/C14H12BrF2N3O/c15-10-6-18-14(19-7-10)20-3-4-21-13(8-20)9-1-2-11(16)12(17)5-9/h1-2,5-7,13H,3-4,8H2. The highest BCUT2D eigenvalue weighted by molar-refractivity contribution is 9.10. The van der Waals surface area contributed by atoms with E-state index in [0.29, 0.717) is 31.2 Å². The second-order valence-corrected chi connectivity index (χ2v) is 5.60. The number of halogens is 3.